The van der Waals surface area contributed by atoms with Crippen LogP contribution in [0.1, 0.15) is 17.0 Å². The maximum atomic E-state index is 12.3. The van der Waals surface area contributed by atoms with E-state index < -0.39 is 10.0 Å². The van der Waals surface area contributed by atoms with Crippen LogP contribution >= 0.6 is 0 Å². The van der Waals surface area contributed by atoms with Gasteiger partial charge in [-0.3, -0.25) is 0 Å². The quantitative estimate of drug-likeness (QED) is 0.518. The zero-order chi connectivity index (χ0) is 22.3. The highest BCUT2D eigenvalue weighted by atomic mass is 32.2. The van der Waals surface area contributed by atoms with Gasteiger partial charge in [-0.25, -0.2) is 18.6 Å². The van der Waals surface area contributed by atoms with Gasteiger partial charge in [-0.1, -0.05) is 42.5 Å². The van der Waals surface area contributed by atoms with Crippen LogP contribution in [0, 0.1) is 0 Å². The lowest BCUT2D eigenvalue weighted by Gasteiger charge is -2.22. The number of hydrogen-bond acceptors (Lipinski definition) is 6. The molecule has 0 bridgehead atoms. The first-order valence-electron chi connectivity index (χ1n) is 10.4. The minimum Gasteiger partial charge on any atom is -0.492 e. The van der Waals surface area contributed by atoms with E-state index in [1.165, 1.54) is 11.1 Å². The van der Waals surface area contributed by atoms with Gasteiger partial charge in [0.05, 0.1) is 11.4 Å². The predicted molar refractivity (Wildman–Crippen MR) is 124 cm³/mol. The Morgan fingerprint density at radius 3 is 2.61 bits per heavy atom. The summed E-state index contributed by atoms with van der Waals surface area (Å²) in [7, 11) is 2.43. The molecule has 0 radical (unpaired) electrons. The average molecular weight is 445 g/mol. The maximum Gasteiger partial charge on any atom is 0.239 e. The van der Waals surface area contributed by atoms with Crippen molar-refractivity contribution in [1.82, 2.24) is 20.1 Å². The van der Waals surface area contributed by atoms with Crippen molar-refractivity contribution in [2.75, 3.05) is 47.4 Å². The largest absolute Gasteiger partial charge is 0.492 e. The van der Waals surface area contributed by atoms with Gasteiger partial charge in [0.1, 0.15) is 12.4 Å². The van der Waals surface area contributed by atoms with Crippen molar-refractivity contribution in [3.63, 3.8) is 0 Å². The zero-order valence-electron chi connectivity index (χ0n) is 18.4. The Kier molecular flexibility index (Phi) is 8.09. The van der Waals surface area contributed by atoms with Gasteiger partial charge in [0.2, 0.25) is 10.0 Å². The molecule has 0 saturated carbocycles. The normalized spacial score (nSPS) is 15.2. The fourth-order valence-corrected chi connectivity index (χ4v) is 4.69. The molecule has 1 atom stereocenters. The fourth-order valence-electron chi connectivity index (χ4n) is 3.60. The summed E-state index contributed by atoms with van der Waals surface area (Å²) in [5, 5.41) is 1.64. The van der Waals surface area contributed by atoms with Crippen LogP contribution in [0.15, 0.2) is 65.7 Å². The number of hydrogen-bond donors (Lipinski definition) is 2. The summed E-state index contributed by atoms with van der Waals surface area (Å²) < 4.78 is 33.0. The average Bonchev–Trinajstić information content (AvgIpc) is 3.19. The van der Waals surface area contributed by atoms with E-state index in [0.717, 1.165) is 18.7 Å². The second-order valence-electron chi connectivity index (χ2n) is 8.01. The Hall–Kier alpha value is -2.39. The number of ether oxygens (including phenoxy) is 1. The van der Waals surface area contributed by atoms with E-state index in [4.69, 9.17) is 4.74 Å². The topological polar surface area (TPSA) is 73.9 Å². The molecule has 1 aliphatic rings. The molecule has 0 saturated heterocycles. The molecule has 1 heterocycles. The lowest BCUT2D eigenvalue weighted by atomic mass is 9.91. The molecule has 0 aliphatic carbocycles. The molecule has 8 heteroatoms. The van der Waals surface area contributed by atoms with Crippen molar-refractivity contribution in [3.05, 3.63) is 76.8 Å². The van der Waals surface area contributed by atoms with Crippen molar-refractivity contribution in [3.8, 4) is 5.75 Å². The summed E-state index contributed by atoms with van der Waals surface area (Å²) in [6, 6.07) is 18.6. The number of hydrazine groups is 1. The summed E-state index contributed by atoms with van der Waals surface area (Å²) >= 11 is 0. The van der Waals surface area contributed by atoms with Crippen LogP contribution in [0.5, 0.6) is 5.75 Å². The Morgan fingerprint density at radius 2 is 1.94 bits per heavy atom. The Morgan fingerprint density at radius 1 is 1.16 bits per heavy atom. The van der Waals surface area contributed by atoms with Crippen LogP contribution < -0.4 is 14.9 Å². The number of nitrogens with one attached hydrogen (secondary N) is 2. The van der Waals surface area contributed by atoms with Crippen LogP contribution in [-0.2, 0) is 16.4 Å². The van der Waals surface area contributed by atoms with Crippen LogP contribution in [-0.4, -0.2) is 65.7 Å². The van der Waals surface area contributed by atoms with E-state index in [0.29, 0.717) is 17.4 Å². The van der Waals surface area contributed by atoms with Gasteiger partial charge in [-0.2, -0.15) is 0 Å². The summed E-state index contributed by atoms with van der Waals surface area (Å²) in [4.78, 5) is 2.52. The molecule has 0 fully saturated rings. The molecular formula is C23H32N4O3S. The zero-order valence-corrected chi connectivity index (χ0v) is 19.2. The third-order valence-corrected chi connectivity index (χ3v) is 6.61. The molecule has 1 unspecified atom stereocenters. The molecule has 168 valence electrons. The first-order valence-corrected chi connectivity index (χ1v) is 11.9. The molecule has 2 aromatic rings. The standard InChI is InChI=1S/C23H32N4O3S/c1-26(2)17-21(14-19-8-5-4-6-9-19)20-10-7-11-22(15-20)30-13-12-25-31(28,29)23-16-24-27(3)18-23/h4-11,15,18,21,24-25H,12-14,16-17H2,1-3H3. The summed E-state index contributed by atoms with van der Waals surface area (Å²) in [6.07, 6.45) is 2.52. The summed E-state index contributed by atoms with van der Waals surface area (Å²) in [5.74, 6) is 1.08. The van der Waals surface area contributed by atoms with Crippen molar-refractivity contribution in [1.29, 1.82) is 0 Å². The molecule has 31 heavy (non-hydrogen) atoms. The Labute approximate surface area is 185 Å². The van der Waals surface area contributed by atoms with Crippen molar-refractivity contribution < 1.29 is 13.2 Å². The number of benzene rings is 2. The molecule has 1 aliphatic heterocycles. The summed E-state index contributed by atoms with van der Waals surface area (Å²) in [5.41, 5.74) is 5.44. The van der Waals surface area contributed by atoms with Crippen molar-refractivity contribution in [2.45, 2.75) is 12.3 Å². The van der Waals surface area contributed by atoms with Crippen LogP contribution in [0.4, 0.5) is 0 Å². The molecule has 2 aromatic carbocycles. The maximum absolute atomic E-state index is 12.3. The third kappa shape index (κ3) is 7.07. The molecule has 7 nitrogen and oxygen atoms in total. The second-order valence-corrected chi connectivity index (χ2v) is 9.83. The fraction of sp³-hybridized carbons (Fsp3) is 0.391. The number of nitrogens with zero attached hydrogens (tertiary/aromatic N) is 2. The number of likely N-dealkylation sites (N-methyl/N-ethyl adjacent to an activating group) is 1. The smallest absolute Gasteiger partial charge is 0.239 e. The van der Waals surface area contributed by atoms with Gasteiger partial charge in [-0.15, -0.1) is 0 Å². The SMILES string of the molecule is CN(C)CC(Cc1ccccc1)c1cccc(OCCNS(=O)(=O)C2=CN(C)NC2)c1. The van der Waals surface area contributed by atoms with Gasteiger partial charge >= 0.3 is 0 Å². The Bertz CT molecular complexity index is 977. The highest BCUT2D eigenvalue weighted by Gasteiger charge is 2.22. The van der Waals surface area contributed by atoms with Gasteiger partial charge < -0.3 is 14.6 Å². The van der Waals surface area contributed by atoms with E-state index in [1.807, 2.05) is 18.2 Å². The van der Waals surface area contributed by atoms with Crippen LogP contribution in [0.2, 0.25) is 0 Å². The Balaban J connectivity index is 1.58. The van der Waals surface area contributed by atoms with Gasteiger partial charge in [0, 0.05) is 32.3 Å². The third-order valence-electron chi connectivity index (χ3n) is 5.09. The predicted octanol–water partition coefficient (Wildman–Crippen LogP) is 2.16. The van der Waals surface area contributed by atoms with Crippen LogP contribution in [0.25, 0.3) is 0 Å². The number of sulfonamides is 1. The van der Waals surface area contributed by atoms with E-state index in [1.54, 1.807) is 18.3 Å². The second kappa shape index (κ2) is 10.8. The molecule has 3 rings (SSSR count). The molecule has 0 spiro atoms. The minimum atomic E-state index is -3.50. The van der Waals surface area contributed by atoms with Gasteiger partial charge in [0.15, 0.2) is 0 Å². The highest BCUT2D eigenvalue weighted by Crippen LogP contribution is 2.25. The minimum absolute atomic E-state index is 0.207. The lowest BCUT2D eigenvalue weighted by Crippen LogP contribution is -2.31. The monoisotopic (exact) mass is 444 g/mol. The van der Waals surface area contributed by atoms with Crippen molar-refractivity contribution >= 4 is 10.0 Å². The first kappa shape index (κ1) is 23.3. The van der Waals surface area contributed by atoms with E-state index in [-0.39, 0.29) is 13.2 Å². The van der Waals surface area contributed by atoms with E-state index >= 15 is 0 Å². The first-order chi connectivity index (χ1) is 14.8. The van der Waals surface area contributed by atoms with Gasteiger partial charge in [-0.05, 0) is 43.8 Å². The molecule has 0 amide bonds. The lowest BCUT2D eigenvalue weighted by molar-refractivity contribution is 0.321. The number of rotatable bonds is 11. The summed E-state index contributed by atoms with van der Waals surface area (Å²) in [6.45, 7) is 1.69. The van der Waals surface area contributed by atoms with Gasteiger partial charge in [0.25, 0.3) is 0 Å². The van der Waals surface area contributed by atoms with Crippen LogP contribution in [0.3, 0.4) is 0 Å². The molecular weight excluding hydrogens is 412 g/mol. The highest BCUT2D eigenvalue weighted by molar-refractivity contribution is 7.93. The molecule has 0 aromatic heterocycles. The van der Waals surface area contributed by atoms with E-state index in [9.17, 15) is 8.42 Å². The van der Waals surface area contributed by atoms with Crippen molar-refractivity contribution in [2.24, 2.45) is 0 Å². The molecule has 2 N–H and O–H groups in total. The van der Waals surface area contributed by atoms with E-state index in [2.05, 4.69) is 65.5 Å².